The Balaban J connectivity index is 1.41. The summed E-state index contributed by atoms with van der Waals surface area (Å²) < 4.78 is 10.6. The van der Waals surface area contributed by atoms with Crippen molar-refractivity contribution in [2.45, 2.75) is 6.92 Å². The fraction of sp³-hybridized carbons (Fsp3) is 0.304. The minimum Gasteiger partial charge on any atom is -0.493 e. The maximum Gasteiger partial charge on any atom is 0.286 e. The Hall–Kier alpha value is -2.93. The molecule has 0 bridgehead atoms. The van der Waals surface area contributed by atoms with Crippen LogP contribution in [0.5, 0.6) is 11.5 Å². The lowest BCUT2D eigenvalue weighted by atomic mass is 10.2. The molecule has 0 unspecified atom stereocenters. The number of thioether (sulfide) groups is 1. The SMILES string of the molecule is COc1ccc(/C=C2/SC(N3CCN(c4ccc(C)cc4)CC3)=NC2=O)cc1OC. The van der Waals surface area contributed by atoms with Gasteiger partial charge < -0.3 is 19.3 Å². The van der Waals surface area contributed by atoms with Crippen molar-refractivity contribution >= 4 is 34.6 Å². The number of piperazine rings is 1. The first-order valence-corrected chi connectivity index (χ1v) is 10.7. The third-order valence-electron chi connectivity index (χ3n) is 5.26. The van der Waals surface area contributed by atoms with Crippen LogP contribution in [0.3, 0.4) is 0 Å². The molecular weight excluding hydrogens is 398 g/mol. The summed E-state index contributed by atoms with van der Waals surface area (Å²) in [6.45, 7) is 5.60. The van der Waals surface area contributed by atoms with E-state index >= 15 is 0 Å². The molecule has 0 aromatic heterocycles. The molecule has 2 aliphatic rings. The van der Waals surface area contributed by atoms with Gasteiger partial charge in [-0.3, -0.25) is 4.79 Å². The van der Waals surface area contributed by atoms with E-state index < -0.39 is 0 Å². The number of amides is 1. The van der Waals surface area contributed by atoms with E-state index in [1.54, 1.807) is 14.2 Å². The van der Waals surface area contributed by atoms with Crippen LogP contribution in [0, 0.1) is 6.92 Å². The third kappa shape index (κ3) is 4.31. The molecular formula is C23H25N3O3S. The van der Waals surface area contributed by atoms with Crippen LogP contribution in [-0.2, 0) is 4.79 Å². The molecule has 30 heavy (non-hydrogen) atoms. The molecule has 0 spiro atoms. The predicted molar refractivity (Wildman–Crippen MR) is 123 cm³/mol. The van der Waals surface area contributed by atoms with Gasteiger partial charge in [-0.25, -0.2) is 0 Å². The summed E-state index contributed by atoms with van der Waals surface area (Å²) in [4.78, 5) is 22.0. The fourth-order valence-electron chi connectivity index (χ4n) is 3.54. The summed E-state index contributed by atoms with van der Waals surface area (Å²) in [6.07, 6.45) is 1.86. The molecule has 2 heterocycles. The summed E-state index contributed by atoms with van der Waals surface area (Å²) in [5.74, 6) is 1.11. The van der Waals surface area contributed by atoms with Gasteiger partial charge >= 0.3 is 0 Å². The molecule has 1 saturated heterocycles. The van der Waals surface area contributed by atoms with Crippen molar-refractivity contribution in [1.29, 1.82) is 0 Å². The van der Waals surface area contributed by atoms with Crippen LogP contribution in [0.25, 0.3) is 6.08 Å². The number of anilines is 1. The van der Waals surface area contributed by atoms with Gasteiger partial charge in [0.2, 0.25) is 0 Å². The monoisotopic (exact) mass is 423 g/mol. The number of amidine groups is 1. The molecule has 6 nitrogen and oxygen atoms in total. The predicted octanol–water partition coefficient (Wildman–Crippen LogP) is 3.80. The number of nitrogens with zero attached hydrogens (tertiary/aromatic N) is 3. The summed E-state index contributed by atoms with van der Waals surface area (Å²) >= 11 is 1.44. The van der Waals surface area contributed by atoms with E-state index in [2.05, 4.69) is 46.0 Å². The molecule has 1 fully saturated rings. The Bertz CT molecular complexity index is 993. The Kier molecular flexibility index (Phi) is 5.99. The third-order valence-corrected chi connectivity index (χ3v) is 6.31. The highest BCUT2D eigenvalue weighted by atomic mass is 32.2. The Morgan fingerprint density at radius 2 is 1.60 bits per heavy atom. The smallest absolute Gasteiger partial charge is 0.286 e. The van der Waals surface area contributed by atoms with Gasteiger partial charge in [0.05, 0.1) is 19.1 Å². The van der Waals surface area contributed by atoms with Crippen LogP contribution in [0.1, 0.15) is 11.1 Å². The van der Waals surface area contributed by atoms with Crippen molar-refractivity contribution in [3.63, 3.8) is 0 Å². The number of hydrogen-bond acceptors (Lipinski definition) is 6. The van der Waals surface area contributed by atoms with Crippen molar-refractivity contribution in [2.75, 3.05) is 45.3 Å². The Labute approximate surface area is 181 Å². The van der Waals surface area contributed by atoms with Gasteiger partial charge in [-0.05, 0) is 54.6 Å². The molecule has 4 rings (SSSR count). The van der Waals surface area contributed by atoms with E-state index in [0.29, 0.717) is 16.4 Å². The molecule has 0 radical (unpaired) electrons. The van der Waals surface area contributed by atoms with Gasteiger partial charge in [0, 0.05) is 31.9 Å². The molecule has 7 heteroatoms. The van der Waals surface area contributed by atoms with Crippen LogP contribution < -0.4 is 14.4 Å². The minimum atomic E-state index is -0.189. The van der Waals surface area contributed by atoms with Crippen LogP contribution >= 0.6 is 11.8 Å². The maximum absolute atomic E-state index is 12.5. The zero-order valence-corrected chi connectivity index (χ0v) is 18.2. The first-order valence-electron chi connectivity index (χ1n) is 9.88. The second-order valence-electron chi connectivity index (χ2n) is 7.23. The molecule has 2 aromatic rings. The van der Waals surface area contributed by atoms with Crippen molar-refractivity contribution in [1.82, 2.24) is 4.90 Å². The molecule has 0 N–H and O–H groups in total. The van der Waals surface area contributed by atoms with Gasteiger partial charge in [-0.1, -0.05) is 23.8 Å². The van der Waals surface area contributed by atoms with E-state index in [0.717, 1.165) is 36.9 Å². The molecule has 156 valence electrons. The summed E-state index contributed by atoms with van der Waals surface area (Å²) in [5.41, 5.74) is 3.39. The molecule has 0 atom stereocenters. The number of benzene rings is 2. The van der Waals surface area contributed by atoms with Crippen LogP contribution in [-0.4, -0.2) is 56.4 Å². The summed E-state index contributed by atoms with van der Waals surface area (Å²) in [7, 11) is 3.20. The number of aliphatic imine (C=N–C) groups is 1. The van der Waals surface area contributed by atoms with Gasteiger partial charge in [-0.15, -0.1) is 0 Å². The van der Waals surface area contributed by atoms with Crippen LogP contribution in [0.4, 0.5) is 5.69 Å². The first kappa shape index (κ1) is 20.3. The highest BCUT2D eigenvalue weighted by molar-refractivity contribution is 8.18. The summed E-state index contributed by atoms with van der Waals surface area (Å²) in [6, 6.07) is 14.2. The largest absolute Gasteiger partial charge is 0.493 e. The molecule has 1 amide bonds. The number of aryl methyl sites for hydroxylation is 1. The number of methoxy groups -OCH3 is 2. The van der Waals surface area contributed by atoms with Gasteiger partial charge in [-0.2, -0.15) is 4.99 Å². The van der Waals surface area contributed by atoms with E-state index in [-0.39, 0.29) is 5.91 Å². The van der Waals surface area contributed by atoms with Gasteiger partial charge in [0.15, 0.2) is 16.7 Å². The molecule has 0 aliphatic carbocycles. The topological polar surface area (TPSA) is 54.4 Å². The van der Waals surface area contributed by atoms with Crippen molar-refractivity contribution in [2.24, 2.45) is 4.99 Å². The second-order valence-corrected chi connectivity index (χ2v) is 8.24. The fourth-order valence-corrected chi connectivity index (χ4v) is 4.50. The number of hydrogen-bond donors (Lipinski definition) is 0. The number of carbonyl (C=O) groups is 1. The lowest BCUT2D eigenvalue weighted by Crippen LogP contribution is -2.47. The number of rotatable bonds is 4. The molecule has 0 saturated carbocycles. The van der Waals surface area contributed by atoms with Crippen molar-refractivity contribution in [3.8, 4) is 11.5 Å². The van der Waals surface area contributed by atoms with E-state index in [1.165, 1.54) is 23.0 Å². The van der Waals surface area contributed by atoms with Gasteiger partial charge in [0.25, 0.3) is 5.91 Å². The number of ether oxygens (including phenoxy) is 2. The van der Waals surface area contributed by atoms with Crippen LogP contribution in [0.2, 0.25) is 0 Å². The normalized spacial score (nSPS) is 18.0. The highest BCUT2D eigenvalue weighted by Crippen LogP contribution is 2.33. The Morgan fingerprint density at radius 3 is 2.27 bits per heavy atom. The van der Waals surface area contributed by atoms with Gasteiger partial charge in [0.1, 0.15) is 0 Å². The summed E-state index contributed by atoms with van der Waals surface area (Å²) in [5, 5.41) is 0.787. The van der Waals surface area contributed by atoms with Crippen molar-refractivity contribution in [3.05, 3.63) is 58.5 Å². The molecule has 2 aliphatic heterocycles. The van der Waals surface area contributed by atoms with E-state index in [4.69, 9.17) is 9.47 Å². The maximum atomic E-state index is 12.5. The lowest BCUT2D eigenvalue weighted by Gasteiger charge is -2.36. The van der Waals surface area contributed by atoms with Crippen molar-refractivity contribution < 1.29 is 14.3 Å². The lowest BCUT2D eigenvalue weighted by molar-refractivity contribution is -0.113. The zero-order valence-electron chi connectivity index (χ0n) is 17.4. The Morgan fingerprint density at radius 1 is 0.933 bits per heavy atom. The highest BCUT2D eigenvalue weighted by Gasteiger charge is 2.28. The number of carbonyl (C=O) groups excluding carboxylic acids is 1. The first-order chi connectivity index (χ1) is 14.6. The zero-order chi connectivity index (χ0) is 21.1. The quantitative estimate of drug-likeness (QED) is 0.697. The van der Waals surface area contributed by atoms with Crippen LogP contribution in [0.15, 0.2) is 52.4 Å². The average Bonchev–Trinajstić information content (AvgIpc) is 3.14. The average molecular weight is 424 g/mol. The van der Waals surface area contributed by atoms with E-state index in [1.807, 2.05) is 24.3 Å². The molecule has 2 aromatic carbocycles. The van der Waals surface area contributed by atoms with E-state index in [9.17, 15) is 4.79 Å². The minimum absolute atomic E-state index is 0.189. The standard InChI is InChI=1S/C23H25N3O3S/c1-16-4-7-18(8-5-16)25-10-12-26(13-11-25)23-24-22(27)21(30-23)15-17-6-9-19(28-2)20(14-17)29-3/h4-9,14-15H,10-13H2,1-3H3/b21-15+. The second kappa shape index (κ2) is 8.83.